The number of aromatic hydroxyl groups is 1. The highest BCUT2D eigenvalue weighted by atomic mass is 16.5. The number of nitrogens with zero attached hydrogens (tertiary/aromatic N) is 2. The lowest BCUT2D eigenvalue weighted by Gasteiger charge is -2.13. The molecule has 2 aromatic rings. The van der Waals surface area contributed by atoms with Gasteiger partial charge < -0.3 is 9.84 Å². The molecule has 2 N–H and O–H groups in total. The van der Waals surface area contributed by atoms with Crippen molar-refractivity contribution in [3.05, 3.63) is 56.7 Å². The molecule has 2 heterocycles. The maximum atomic E-state index is 12.3. The zero-order valence-electron chi connectivity index (χ0n) is 14.1. The third-order valence-corrected chi connectivity index (χ3v) is 4.23. The maximum absolute atomic E-state index is 12.3. The third-order valence-electron chi connectivity index (χ3n) is 4.23. The van der Waals surface area contributed by atoms with E-state index in [9.17, 15) is 14.7 Å². The zero-order valence-corrected chi connectivity index (χ0v) is 14.1. The largest absolute Gasteiger partial charge is 0.493 e. The van der Waals surface area contributed by atoms with E-state index >= 15 is 0 Å². The molecule has 7 heteroatoms. The van der Waals surface area contributed by atoms with Crippen molar-refractivity contribution in [1.29, 1.82) is 0 Å². The predicted octanol–water partition coefficient (Wildman–Crippen LogP) is 1.61. The van der Waals surface area contributed by atoms with Crippen LogP contribution in [-0.2, 0) is 4.74 Å². The number of aliphatic imine (C=N–C) groups is 1. The van der Waals surface area contributed by atoms with Gasteiger partial charge in [-0.2, -0.15) is 0 Å². The van der Waals surface area contributed by atoms with E-state index in [1.54, 1.807) is 30.3 Å². The molecule has 0 amide bonds. The lowest BCUT2D eigenvalue weighted by atomic mass is 10.1. The monoisotopic (exact) mass is 343 g/mol. The van der Waals surface area contributed by atoms with Crippen LogP contribution in [0.2, 0.25) is 0 Å². The van der Waals surface area contributed by atoms with Crippen LogP contribution in [0.3, 0.4) is 0 Å². The Hall–Kier alpha value is -2.67. The van der Waals surface area contributed by atoms with Crippen LogP contribution >= 0.6 is 0 Å². The van der Waals surface area contributed by atoms with Gasteiger partial charge in [0.05, 0.1) is 24.0 Å². The molecule has 0 spiro atoms. The summed E-state index contributed by atoms with van der Waals surface area (Å²) in [5.74, 6) is -0.395. The molecule has 3 rings (SSSR count). The van der Waals surface area contributed by atoms with Crippen LogP contribution in [0.15, 0.2) is 44.9 Å². The first-order valence-corrected chi connectivity index (χ1v) is 8.40. The minimum atomic E-state index is -0.688. The van der Waals surface area contributed by atoms with Gasteiger partial charge in [-0.25, -0.2) is 9.36 Å². The fraction of sp³-hybridized carbons (Fsp3) is 0.389. The minimum absolute atomic E-state index is 0.0314. The van der Waals surface area contributed by atoms with Crippen LogP contribution in [0.1, 0.15) is 31.7 Å². The Morgan fingerprint density at radius 3 is 2.76 bits per heavy atom. The number of hydrogen-bond donors (Lipinski definition) is 2. The topological polar surface area (TPSA) is 96.7 Å². The van der Waals surface area contributed by atoms with Crippen LogP contribution in [0.5, 0.6) is 5.88 Å². The summed E-state index contributed by atoms with van der Waals surface area (Å²) in [5, 5.41) is 10.6. The Labute approximate surface area is 144 Å². The number of aromatic amines is 1. The second-order valence-corrected chi connectivity index (χ2v) is 5.90. The number of rotatable bonds is 5. The van der Waals surface area contributed by atoms with Gasteiger partial charge in [-0.15, -0.1) is 0 Å². The first-order chi connectivity index (χ1) is 12.1. The van der Waals surface area contributed by atoms with Gasteiger partial charge in [-0.05, 0) is 31.4 Å². The van der Waals surface area contributed by atoms with Crippen LogP contribution in [-0.4, -0.2) is 39.6 Å². The van der Waals surface area contributed by atoms with Gasteiger partial charge >= 0.3 is 5.69 Å². The summed E-state index contributed by atoms with van der Waals surface area (Å²) < 4.78 is 6.62. The van der Waals surface area contributed by atoms with E-state index in [2.05, 4.69) is 9.98 Å². The molecule has 0 radical (unpaired) electrons. The molecule has 1 aromatic carbocycles. The SMILES string of the molecule is CCC(=NCC1CCCO1)c1c(O)n(-c2ccccc2)c(=O)[nH]c1=O. The number of nitrogens with one attached hydrogen (secondary N) is 1. The molecule has 1 aliphatic rings. The molecule has 0 aliphatic carbocycles. The van der Waals surface area contributed by atoms with Gasteiger partial charge in [0.2, 0.25) is 5.88 Å². The zero-order chi connectivity index (χ0) is 17.8. The number of H-pyrrole nitrogens is 1. The second kappa shape index (κ2) is 7.48. The minimum Gasteiger partial charge on any atom is -0.493 e. The molecule has 1 fully saturated rings. The summed E-state index contributed by atoms with van der Waals surface area (Å²) in [4.78, 5) is 31.2. The molecule has 25 heavy (non-hydrogen) atoms. The molecular weight excluding hydrogens is 322 g/mol. The molecule has 1 aliphatic heterocycles. The Balaban J connectivity index is 2.07. The Kier molecular flexibility index (Phi) is 5.14. The lowest BCUT2D eigenvalue weighted by molar-refractivity contribution is 0.118. The van der Waals surface area contributed by atoms with E-state index in [1.165, 1.54) is 0 Å². The van der Waals surface area contributed by atoms with Crippen molar-refractivity contribution < 1.29 is 9.84 Å². The number of hydrogen-bond acceptors (Lipinski definition) is 5. The van der Waals surface area contributed by atoms with Crippen LogP contribution < -0.4 is 11.2 Å². The average molecular weight is 343 g/mol. The van der Waals surface area contributed by atoms with Gasteiger partial charge in [0.1, 0.15) is 5.56 Å². The van der Waals surface area contributed by atoms with Crippen molar-refractivity contribution in [3.63, 3.8) is 0 Å². The molecule has 1 saturated heterocycles. The summed E-state index contributed by atoms with van der Waals surface area (Å²) in [6, 6.07) is 8.66. The highest BCUT2D eigenvalue weighted by Crippen LogP contribution is 2.19. The second-order valence-electron chi connectivity index (χ2n) is 5.90. The quantitative estimate of drug-likeness (QED) is 0.806. The predicted molar refractivity (Wildman–Crippen MR) is 95.0 cm³/mol. The van der Waals surface area contributed by atoms with E-state index in [-0.39, 0.29) is 11.7 Å². The van der Waals surface area contributed by atoms with E-state index < -0.39 is 17.1 Å². The van der Waals surface area contributed by atoms with Crippen molar-refractivity contribution in [2.45, 2.75) is 32.3 Å². The van der Waals surface area contributed by atoms with Crippen LogP contribution in [0.4, 0.5) is 0 Å². The van der Waals surface area contributed by atoms with Crippen molar-refractivity contribution >= 4 is 5.71 Å². The molecule has 0 saturated carbocycles. The van der Waals surface area contributed by atoms with Crippen molar-refractivity contribution in [2.24, 2.45) is 4.99 Å². The highest BCUT2D eigenvalue weighted by Gasteiger charge is 2.20. The van der Waals surface area contributed by atoms with Gasteiger partial charge in [-0.3, -0.25) is 14.8 Å². The Morgan fingerprint density at radius 1 is 1.36 bits per heavy atom. The highest BCUT2D eigenvalue weighted by molar-refractivity contribution is 6.02. The van der Waals surface area contributed by atoms with E-state index in [0.717, 1.165) is 24.0 Å². The number of aromatic nitrogens is 2. The molecular formula is C18H21N3O4. The molecule has 1 unspecified atom stereocenters. The Bertz CT molecular complexity index is 877. The third kappa shape index (κ3) is 3.56. The maximum Gasteiger partial charge on any atom is 0.335 e. The number of para-hydroxylation sites is 1. The lowest BCUT2D eigenvalue weighted by Crippen LogP contribution is -2.33. The van der Waals surface area contributed by atoms with Crippen LogP contribution in [0.25, 0.3) is 5.69 Å². The smallest absolute Gasteiger partial charge is 0.335 e. The molecule has 1 atom stereocenters. The molecule has 0 bridgehead atoms. The first kappa shape index (κ1) is 17.2. The average Bonchev–Trinajstić information content (AvgIpc) is 3.12. The van der Waals surface area contributed by atoms with E-state index in [0.29, 0.717) is 24.4 Å². The number of ether oxygens (including phenoxy) is 1. The number of benzene rings is 1. The van der Waals surface area contributed by atoms with Gasteiger partial charge in [0.25, 0.3) is 5.56 Å². The first-order valence-electron chi connectivity index (χ1n) is 8.40. The molecule has 132 valence electrons. The van der Waals surface area contributed by atoms with Crippen molar-refractivity contribution in [1.82, 2.24) is 9.55 Å². The van der Waals surface area contributed by atoms with E-state index in [4.69, 9.17) is 4.74 Å². The fourth-order valence-corrected chi connectivity index (χ4v) is 2.97. The van der Waals surface area contributed by atoms with Gasteiger partial charge in [0.15, 0.2) is 0 Å². The van der Waals surface area contributed by atoms with Crippen molar-refractivity contribution in [2.75, 3.05) is 13.2 Å². The molecule has 1 aromatic heterocycles. The standard InChI is InChI=1S/C18H21N3O4/c1-2-14(19-11-13-9-6-10-25-13)15-16(22)20-18(24)21(17(15)23)12-7-4-3-5-8-12/h3-5,7-8,13,23H,2,6,9-11H2,1H3,(H,20,22,24). The van der Waals surface area contributed by atoms with E-state index in [1.807, 2.05) is 6.92 Å². The molecule has 7 nitrogen and oxygen atoms in total. The summed E-state index contributed by atoms with van der Waals surface area (Å²) in [7, 11) is 0. The Morgan fingerprint density at radius 2 is 2.12 bits per heavy atom. The summed E-state index contributed by atoms with van der Waals surface area (Å²) >= 11 is 0. The van der Waals surface area contributed by atoms with Crippen LogP contribution in [0, 0.1) is 0 Å². The normalized spacial score (nSPS) is 17.8. The van der Waals surface area contributed by atoms with Crippen molar-refractivity contribution in [3.8, 4) is 11.6 Å². The fourth-order valence-electron chi connectivity index (χ4n) is 2.97. The summed E-state index contributed by atoms with van der Waals surface area (Å²) in [6.45, 7) is 3.02. The van der Waals surface area contributed by atoms with Gasteiger partial charge in [0, 0.05) is 6.61 Å². The van der Waals surface area contributed by atoms with Gasteiger partial charge in [-0.1, -0.05) is 25.1 Å². The summed E-state index contributed by atoms with van der Waals surface area (Å²) in [5.41, 5.74) is -0.366. The summed E-state index contributed by atoms with van der Waals surface area (Å²) in [6.07, 6.45) is 2.44.